The molecular weight excluding hydrogens is 264 g/mol. The van der Waals surface area contributed by atoms with Gasteiger partial charge in [0.05, 0.1) is 17.0 Å². The van der Waals surface area contributed by atoms with Gasteiger partial charge < -0.3 is 4.74 Å². The van der Waals surface area contributed by atoms with Crippen LogP contribution in [0.25, 0.3) is 10.7 Å². The Kier molecular flexibility index (Phi) is 2.87. The molecule has 100 valence electrons. The Bertz CT molecular complexity index is 591. The van der Waals surface area contributed by atoms with E-state index in [4.69, 9.17) is 4.74 Å². The third-order valence-electron chi connectivity index (χ3n) is 3.07. The Morgan fingerprint density at radius 1 is 1.53 bits per heavy atom. The van der Waals surface area contributed by atoms with Crippen molar-refractivity contribution in [2.75, 3.05) is 13.3 Å². The van der Waals surface area contributed by atoms with E-state index in [9.17, 15) is 4.79 Å². The SMILES string of the molecule is CC1(C)COCN1C(=O)n1cnc(-c2cccs2)n1. The van der Waals surface area contributed by atoms with Crippen molar-refractivity contribution in [1.82, 2.24) is 19.7 Å². The minimum atomic E-state index is -0.313. The summed E-state index contributed by atoms with van der Waals surface area (Å²) >= 11 is 1.55. The molecule has 7 heteroatoms. The van der Waals surface area contributed by atoms with Gasteiger partial charge in [-0.05, 0) is 25.3 Å². The van der Waals surface area contributed by atoms with E-state index in [1.54, 1.807) is 16.2 Å². The van der Waals surface area contributed by atoms with E-state index in [1.165, 1.54) is 11.0 Å². The fourth-order valence-electron chi connectivity index (χ4n) is 1.95. The number of carbonyl (C=O) groups excluding carboxylic acids is 1. The van der Waals surface area contributed by atoms with Gasteiger partial charge in [0.2, 0.25) is 0 Å². The molecule has 3 heterocycles. The molecule has 1 amide bonds. The Morgan fingerprint density at radius 2 is 2.37 bits per heavy atom. The van der Waals surface area contributed by atoms with E-state index < -0.39 is 0 Å². The predicted molar refractivity (Wildman–Crippen MR) is 70.9 cm³/mol. The molecule has 1 aliphatic heterocycles. The molecule has 0 saturated carbocycles. The van der Waals surface area contributed by atoms with E-state index >= 15 is 0 Å². The molecule has 0 atom stereocenters. The predicted octanol–water partition coefficient (Wildman–Crippen LogP) is 2.04. The highest BCUT2D eigenvalue weighted by Crippen LogP contribution is 2.23. The maximum atomic E-state index is 12.4. The average Bonchev–Trinajstić information content (AvgIpc) is 3.06. The van der Waals surface area contributed by atoms with Gasteiger partial charge in [-0.1, -0.05) is 6.07 Å². The molecule has 2 aromatic heterocycles. The van der Waals surface area contributed by atoms with Crippen molar-refractivity contribution in [2.24, 2.45) is 0 Å². The van der Waals surface area contributed by atoms with Crippen LogP contribution in [0, 0.1) is 0 Å². The lowest BCUT2D eigenvalue weighted by atomic mass is 10.1. The number of thiophene rings is 1. The number of hydrogen-bond acceptors (Lipinski definition) is 5. The summed E-state index contributed by atoms with van der Waals surface area (Å²) in [4.78, 5) is 19.1. The largest absolute Gasteiger partial charge is 0.359 e. The highest BCUT2D eigenvalue weighted by molar-refractivity contribution is 7.13. The van der Waals surface area contributed by atoms with Crippen molar-refractivity contribution in [1.29, 1.82) is 0 Å². The minimum absolute atomic E-state index is 0.210. The van der Waals surface area contributed by atoms with Gasteiger partial charge in [-0.3, -0.25) is 4.90 Å². The molecule has 0 bridgehead atoms. The molecule has 19 heavy (non-hydrogen) atoms. The van der Waals surface area contributed by atoms with Gasteiger partial charge in [0.1, 0.15) is 13.1 Å². The zero-order valence-electron chi connectivity index (χ0n) is 10.7. The first-order valence-corrected chi connectivity index (χ1v) is 6.81. The summed E-state index contributed by atoms with van der Waals surface area (Å²) in [5, 5.41) is 6.19. The zero-order valence-corrected chi connectivity index (χ0v) is 11.6. The topological polar surface area (TPSA) is 60.2 Å². The van der Waals surface area contributed by atoms with Crippen molar-refractivity contribution < 1.29 is 9.53 Å². The van der Waals surface area contributed by atoms with Gasteiger partial charge in [0.25, 0.3) is 0 Å². The second-order valence-corrected chi connectivity index (χ2v) is 5.94. The summed E-state index contributed by atoms with van der Waals surface area (Å²) in [5.41, 5.74) is -0.313. The molecule has 3 rings (SSSR count). The number of amides is 1. The first-order chi connectivity index (χ1) is 9.08. The zero-order chi connectivity index (χ0) is 13.5. The molecule has 0 N–H and O–H groups in total. The smallest absolute Gasteiger partial charge is 0.348 e. The number of ether oxygens (including phenoxy) is 1. The van der Waals surface area contributed by atoms with E-state index in [0.29, 0.717) is 19.2 Å². The molecular formula is C12H14N4O2S. The van der Waals surface area contributed by atoms with Crippen molar-refractivity contribution >= 4 is 17.4 Å². The number of aromatic nitrogens is 3. The molecule has 1 saturated heterocycles. The second kappa shape index (κ2) is 4.43. The number of carbonyl (C=O) groups is 1. The molecule has 6 nitrogen and oxygen atoms in total. The molecule has 0 unspecified atom stereocenters. The molecule has 0 aromatic carbocycles. The highest BCUT2D eigenvalue weighted by Gasteiger charge is 2.37. The van der Waals surface area contributed by atoms with Crippen LogP contribution < -0.4 is 0 Å². The minimum Gasteiger partial charge on any atom is -0.359 e. The second-order valence-electron chi connectivity index (χ2n) is 4.99. The number of nitrogens with zero attached hydrogens (tertiary/aromatic N) is 4. The fourth-order valence-corrected chi connectivity index (χ4v) is 2.61. The lowest BCUT2D eigenvalue weighted by Gasteiger charge is -2.28. The summed E-state index contributed by atoms with van der Waals surface area (Å²) < 4.78 is 6.61. The fraction of sp³-hybridized carbons (Fsp3) is 0.417. The number of rotatable bonds is 1. The van der Waals surface area contributed by atoms with Crippen molar-refractivity contribution in [3.8, 4) is 10.7 Å². The van der Waals surface area contributed by atoms with Crippen molar-refractivity contribution in [3.05, 3.63) is 23.8 Å². The van der Waals surface area contributed by atoms with Crippen molar-refractivity contribution in [3.63, 3.8) is 0 Å². The maximum absolute atomic E-state index is 12.4. The Balaban J connectivity index is 1.85. The molecule has 2 aromatic rings. The standard InChI is InChI=1S/C12H14N4O2S/c1-12(2)6-18-8-15(12)11(17)16-7-13-10(14-16)9-4-3-5-19-9/h3-5,7H,6,8H2,1-2H3. The molecule has 0 spiro atoms. The quantitative estimate of drug-likeness (QED) is 0.801. The molecule has 0 radical (unpaired) electrons. The van der Waals surface area contributed by atoms with Crippen LogP contribution in [0.5, 0.6) is 0 Å². The van der Waals surface area contributed by atoms with E-state index in [0.717, 1.165) is 4.88 Å². The first kappa shape index (κ1) is 12.3. The van der Waals surface area contributed by atoms with Gasteiger partial charge in [-0.25, -0.2) is 9.78 Å². The van der Waals surface area contributed by atoms with Gasteiger partial charge in [0.15, 0.2) is 5.82 Å². The summed E-state index contributed by atoms with van der Waals surface area (Å²) in [6, 6.07) is 3.65. The third kappa shape index (κ3) is 2.15. The van der Waals surface area contributed by atoms with Crippen LogP contribution in [0.3, 0.4) is 0 Å². The molecule has 1 aliphatic rings. The van der Waals surface area contributed by atoms with Crippen LogP contribution in [-0.2, 0) is 4.74 Å². The summed E-state index contributed by atoms with van der Waals surface area (Å²) in [7, 11) is 0. The van der Waals surface area contributed by atoms with E-state index in [2.05, 4.69) is 10.1 Å². The van der Waals surface area contributed by atoms with E-state index in [-0.39, 0.29) is 11.6 Å². The van der Waals surface area contributed by atoms with Crippen LogP contribution in [-0.4, -0.2) is 44.6 Å². The third-order valence-corrected chi connectivity index (χ3v) is 3.93. The molecule has 0 aliphatic carbocycles. The Morgan fingerprint density at radius 3 is 3.00 bits per heavy atom. The Hall–Kier alpha value is -1.73. The lowest BCUT2D eigenvalue weighted by Crippen LogP contribution is -2.46. The molecule has 1 fully saturated rings. The average molecular weight is 278 g/mol. The highest BCUT2D eigenvalue weighted by atomic mass is 32.1. The van der Waals surface area contributed by atoms with Gasteiger partial charge in [0, 0.05) is 0 Å². The normalized spacial score (nSPS) is 17.9. The van der Waals surface area contributed by atoms with Crippen LogP contribution in [0.4, 0.5) is 4.79 Å². The lowest BCUT2D eigenvalue weighted by molar-refractivity contribution is 0.138. The summed E-state index contributed by atoms with van der Waals surface area (Å²) in [6.45, 7) is 4.76. The van der Waals surface area contributed by atoms with Gasteiger partial charge >= 0.3 is 6.03 Å². The van der Waals surface area contributed by atoms with Crippen LogP contribution in [0.2, 0.25) is 0 Å². The van der Waals surface area contributed by atoms with Gasteiger partial charge in [-0.2, -0.15) is 4.68 Å². The Labute approximate surface area is 114 Å². The van der Waals surface area contributed by atoms with Crippen LogP contribution >= 0.6 is 11.3 Å². The van der Waals surface area contributed by atoms with Crippen LogP contribution in [0.15, 0.2) is 23.8 Å². The summed E-state index contributed by atoms with van der Waals surface area (Å²) in [5.74, 6) is 0.571. The first-order valence-electron chi connectivity index (χ1n) is 5.93. The van der Waals surface area contributed by atoms with Crippen molar-refractivity contribution in [2.45, 2.75) is 19.4 Å². The maximum Gasteiger partial charge on any atom is 0.348 e. The van der Waals surface area contributed by atoms with E-state index in [1.807, 2.05) is 31.4 Å². The number of hydrogen-bond donors (Lipinski definition) is 0. The van der Waals surface area contributed by atoms with Crippen LogP contribution in [0.1, 0.15) is 13.8 Å². The monoisotopic (exact) mass is 278 g/mol. The van der Waals surface area contributed by atoms with Gasteiger partial charge in [-0.15, -0.1) is 16.4 Å². The summed E-state index contributed by atoms with van der Waals surface area (Å²) in [6.07, 6.45) is 1.45.